The average Bonchev–Trinajstić information content (AvgIpc) is 2.53. The molecule has 0 amide bonds. The average molecular weight is 325 g/mol. The first kappa shape index (κ1) is 19.0. The van der Waals surface area contributed by atoms with Crippen LogP contribution < -0.4 is 4.74 Å². The van der Waals surface area contributed by atoms with Crippen LogP contribution in [0.2, 0.25) is 5.02 Å². The highest BCUT2D eigenvalue weighted by Crippen LogP contribution is 2.24. The van der Waals surface area contributed by atoms with Crippen molar-refractivity contribution < 1.29 is 9.53 Å². The molecule has 0 bridgehead atoms. The molecule has 0 fully saturated rings. The van der Waals surface area contributed by atoms with Gasteiger partial charge in [-0.1, -0.05) is 38.8 Å². The van der Waals surface area contributed by atoms with Gasteiger partial charge in [0.2, 0.25) is 0 Å². The fraction of sp³-hybridized carbons (Fsp3) is 0.632. The third-order valence-corrected chi connectivity index (χ3v) is 4.39. The maximum absolute atomic E-state index is 11.8. The molecule has 1 aromatic rings. The molecular formula is C19H29ClO2. The molecule has 0 saturated heterocycles. The summed E-state index contributed by atoms with van der Waals surface area (Å²) in [6.07, 6.45) is 6.71. The van der Waals surface area contributed by atoms with Gasteiger partial charge in [-0.2, -0.15) is 0 Å². The van der Waals surface area contributed by atoms with Gasteiger partial charge in [0.1, 0.15) is 11.5 Å². The van der Waals surface area contributed by atoms with E-state index in [2.05, 4.69) is 13.8 Å². The number of hydrogen-bond acceptors (Lipinski definition) is 2. The van der Waals surface area contributed by atoms with Gasteiger partial charge in [0, 0.05) is 17.4 Å². The van der Waals surface area contributed by atoms with E-state index < -0.39 is 0 Å². The monoisotopic (exact) mass is 324 g/mol. The summed E-state index contributed by atoms with van der Waals surface area (Å²) in [6, 6.07) is 5.88. The van der Waals surface area contributed by atoms with Crippen molar-refractivity contribution in [2.45, 2.75) is 65.7 Å². The normalized spacial score (nSPS) is 12.2. The number of ketones is 1. The molecule has 1 rings (SSSR count). The van der Waals surface area contributed by atoms with Crippen LogP contribution in [0.5, 0.6) is 5.75 Å². The Bertz CT molecular complexity index is 457. The highest BCUT2D eigenvalue weighted by atomic mass is 35.5. The number of rotatable bonds is 11. The van der Waals surface area contributed by atoms with E-state index in [0.717, 1.165) is 61.5 Å². The SMILES string of the molecule is CCCOc1ccc(Cl)c(CCCCCC(=O)C(C)CC)c1. The zero-order valence-electron chi connectivity index (χ0n) is 14.2. The predicted octanol–water partition coefficient (Wildman–Crippen LogP) is 5.85. The molecular weight excluding hydrogens is 296 g/mol. The number of carbonyl (C=O) groups excluding carboxylic acids is 1. The number of benzene rings is 1. The largest absolute Gasteiger partial charge is 0.494 e. The smallest absolute Gasteiger partial charge is 0.135 e. The number of carbonyl (C=O) groups is 1. The predicted molar refractivity (Wildman–Crippen MR) is 93.9 cm³/mol. The minimum absolute atomic E-state index is 0.210. The van der Waals surface area contributed by atoms with Crippen LogP contribution in [0.3, 0.4) is 0 Å². The molecule has 0 aromatic heterocycles. The summed E-state index contributed by atoms with van der Waals surface area (Å²) in [5.74, 6) is 1.51. The molecule has 22 heavy (non-hydrogen) atoms. The first-order chi connectivity index (χ1) is 10.6. The van der Waals surface area contributed by atoms with E-state index in [4.69, 9.17) is 16.3 Å². The van der Waals surface area contributed by atoms with Crippen molar-refractivity contribution in [1.82, 2.24) is 0 Å². The highest BCUT2D eigenvalue weighted by Gasteiger charge is 2.09. The van der Waals surface area contributed by atoms with Gasteiger partial charge in [0.25, 0.3) is 0 Å². The van der Waals surface area contributed by atoms with Crippen molar-refractivity contribution in [2.75, 3.05) is 6.61 Å². The second-order valence-electron chi connectivity index (χ2n) is 5.94. The van der Waals surface area contributed by atoms with Crippen molar-refractivity contribution in [1.29, 1.82) is 0 Å². The Balaban J connectivity index is 2.33. The molecule has 3 heteroatoms. The number of unbranched alkanes of at least 4 members (excludes halogenated alkanes) is 2. The van der Waals surface area contributed by atoms with Crippen molar-refractivity contribution in [3.63, 3.8) is 0 Å². The molecule has 0 N–H and O–H groups in total. The lowest BCUT2D eigenvalue weighted by molar-refractivity contribution is -0.122. The fourth-order valence-corrected chi connectivity index (χ4v) is 2.53. The van der Waals surface area contributed by atoms with Crippen LogP contribution in [0.25, 0.3) is 0 Å². The molecule has 1 atom stereocenters. The van der Waals surface area contributed by atoms with Crippen LogP contribution in [0.15, 0.2) is 18.2 Å². The summed E-state index contributed by atoms with van der Waals surface area (Å²) in [5, 5.41) is 0.805. The van der Waals surface area contributed by atoms with Gasteiger partial charge in [-0.15, -0.1) is 0 Å². The van der Waals surface area contributed by atoms with E-state index in [0.29, 0.717) is 12.2 Å². The molecule has 1 aromatic carbocycles. The Kier molecular flexibility index (Phi) is 9.22. The lowest BCUT2D eigenvalue weighted by Gasteiger charge is -2.09. The van der Waals surface area contributed by atoms with E-state index in [-0.39, 0.29) is 5.92 Å². The topological polar surface area (TPSA) is 26.3 Å². The summed E-state index contributed by atoms with van der Waals surface area (Å²) >= 11 is 6.24. The molecule has 0 aliphatic rings. The van der Waals surface area contributed by atoms with Gasteiger partial charge in [-0.3, -0.25) is 4.79 Å². The van der Waals surface area contributed by atoms with E-state index in [9.17, 15) is 4.79 Å². The number of halogens is 1. The molecule has 0 radical (unpaired) electrons. The molecule has 0 aliphatic heterocycles. The molecule has 0 aliphatic carbocycles. The van der Waals surface area contributed by atoms with Crippen molar-refractivity contribution in [3.05, 3.63) is 28.8 Å². The Morgan fingerprint density at radius 3 is 2.68 bits per heavy atom. The number of Topliss-reactive ketones (excluding diaryl/α,β-unsaturated/α-hetero) is 1. The number of hydrogen-bond donors (Lipinski definition) is 0. The zero-order chi connectivity index (χ0) is 16.4. The molecule has 124 valence electrons. The lowest BCUT2D eigenvalue weighted by Crippen LogP contribution is -2.09. The first-order valence-corrected chi connectivity index (χ1v) is 8.90. The second kappa shape index (κ2) is 10.7. The van der Waals surface area contributed by atoms with E-state index >= 15 is 0 Å². The van der Waals surface area contributed by atoms with Crippen LogP contribution in [0.4, 0.5) is 0 Å². The van der Waals surface area contributed by atoms with Gasteiger partial charge in [-0.05, 0) is 55.9 Å². The van der Waals surface area contributed by atoms with Crippen LogP contribution in [0, 0.1) is 5.92 Å². The second-order valence-corrected chi connectivity index (χ2v) is 6.35. The summed E-state index contributed by atoms with van der Waals surface area (Å²) in [6.45, 7) is 6.92. The quantitative estimate of drug-likeness (QED) is 0.477. The third kappa shape index (κ3) is 6.83. The van der Waals surface area contributed by atoms with Crippen molar-refractivity contribution in [2.24, 2.45) is 5.92 Å². The maximum atomic E-state index is 11.8. The fourth-order valence-electron chi connectivity index (χ4n) is 2.32. The zero-order valence-corrected chi connectivity index (χ0v) is 14.9. The van der Waals surface area contributed by atoms with Crippen LogP contribution >= 0.6 is 11.6 Å². The van der Waals surface area contributed by atoms with Gasteiger partial charge in [0.05, 0.1) is 6.61 Å². The molecule has 2 nitrogen and oxygen atoms in total. The van der Waals surface area contributed by atoms with Crippen LogP contribution in [0.1, 0.15) is 64.9 Å². The molecule has 1 unspecified atom stereocenters. The van der Waals surface area contributed by atoms with Crippen LogP contribution in [-0.2, 0) is 11.2 Å². The van der Waals surface area contributed by atoms with Gasteiger partial charge >= 0.3 is 0 Å². The summed E-state index contributed by atoms with van der Waals surface area (Å²) in [7, 11) is 0. The van der Waals surface area contributed by atoms with Gasteiger partial charge < -0.3 is 4.74 Å². The molecule has 0 spiro atoms. The standard InChI is InChI=1S/C19H29ClO2/c1-4-13-22-17-11-12-18(20)16(14-17)9-7-6-8-10-19(21)15(3)5-2/h11-12,14-15H,4-10,13H2,1-3H3. The van der Waals surface area contributed by atoms with Gasteiger partial charge in [-0.25, -0.2) is 0 Å². The minimum atomic E-state index is 0.210. The minimum Gasteiger partial charge on any atom is -0.494 e. The maximum Gasteiger partial charge on any atom is 0.135 e. The van der Waals surface area contributed by atoms with E-state index in [1.807, 2.05) is 25.1 Å². The Labute approximate surface area is 140 Å². The van der Waals surface area contributed by atoms with E-state index in [1.165, 1.54) is 0 Å². The number of aryl methyl sites for hydroxylation is 1. The first-order valence-electron chi connectivity index (χ1n) is 8.52. The van der Waals surface area contributed by atoms with Crippen LogP contribution in [-0.4, -0.2) is 12.4 Å². The van der Waals surface area contributed by atoms with Crippen molar-refractivity contribution in [3.8, 4) is 5.75 Å². The third-order valence-electron chi connectivity index (χ3n) is 4.02. The molecule has 0 heterocycles. The lowest BCUT2D eigenvalue weighted by atomic mass is 9.98. The van der Waals surface area contributed by atoms with E-state index in [1.54, 1.807) is 0 Å². The van der Waals surface area contributed by atoms with Gasteiger partial charge in [0.15, 0.2) is 0 Å². The Morgan fingerprint density at radius 1 is 1.23 bits per heavy atom. The Hall–Kier alpha value is -1.02. The summed E-state index contributed by atoms with van der Waals surface area (Å²) < 4.78 is 5.65. The highest BCUT2D eigenvalue weighted by molar-refractivity contribution is 6.31. The summed E-state index contributed by atoms with van der Waals surface area (Å²) in [5.41, 5.74) is 1.14. The van der Waals surface area contributed by atoms with Crippen molar-refractivity contribution >= 4 is 17.4 Å². The Morgan fingerprint density at radius 2 is 2.00 bits per heavy atom. The summed E-state index contributed by atoms with van der Waals surface area (Å²) in [4.78, 5) is 11.8. The number of ether oxygens (including phenoxy) is 1. The molecule has 0 saturated carbocycles.